The first-order valence-electron chi connectivity index (χ1n) is 6.75. The van der Waals surface area contributed by atoms with Gasteiger partial charge in [0.15, 0.2) is 0 Å². The van der Waals surface area contributed by atoms with E-state index in [4.69, 9.17) is 9.47 Å². The topological polar surface area (TPSA) is 47.6 Å². The van der Waals surface area contributed by atoms with Gasteiger partial charge in [-0.2, -0.15) is 0 Å². The lowest BCUT2D eigenvalue weighted by Gasteiger charge is -2.34. The summed E-state index contributed by atoms with van der Waals surface area (Å²) in [6.45, 7) is 5.24. The molecule has 2 atom stereocenters. The van der Waals surface area contributed by atoms with Crippen molar-refractivity contribution in [2.45, 2.75) is 51.6 Å². The zero-order valence-electron chi connectivity index (χ0n) is 12.2. The number of ether oxygens (including phenoxy) is 2. The third kappa shape index (κ3) is 3.91. The van der Waals surface area contributed by atoms with Crippen molar-refractivity contribution >= 4 is 6.09 Å². The summed E-state index contributed by atoms with van der Waals surface area (Å²) in [6.07, 6.45) is -4.82. The van der Waals surface area contributed by atoms with Crippen LogP contribution in [0.4, 0.5) is 13.6 Å². The van der Waals surface area contributed by atoms with E-state index in [-0.39, 0.29) is 6.61 Å². The molecular formula is C15H19F2NO3. The molecule has 1 aromatic carbocycles. The molecule has 6 heteroatoms. The fourth-order valence-electron chi connectivity index (χ4n) is 2.24. The third-order valence-electron chi connectivity index (χ3n) is 3.07. The van der Waals surface area contributed by atoms with Crippen molar-refractivity contribution in [2.24, 2.45) is 0 Å². The lowest BCUT2D eigenvalue weighted by molar-refractivity contribution is -0.0915. The van der Waals surface area contributed by atoms with E-state index in [1.54, 1.807) is 45.0 Å². The van der Waals surface area contributed by atoms with Gasteiger partial charge in [-0.3, -0.25) is 0 Å². The monoisotopic (exact) mass is 299 g/mol. The predicted octanol–water partition coefficient (Wildman–Crippen LogP) is 3.42. The molecule has 1 N–H and O–H groups in total. The van der Waals surface area contributed by atoms with E-state index in [0.717, 1.165) is 5.56 Å². The van der Waals surface area contributed by atoms with Crippen LogP contribution >= 0.6 is 0 Å². The molecule has 0 bridgehead atoms. The van der Waals surface area contributed by atoms with Gasteiger partial charge in [0.25, 0.3) is 6.43 Å². The maximum absolute atomic E-state index is 13.1. The molecule has 0 aromatic heterocycles. The highest BCUT2D eigenvalue weighted by molar-refractivity contribution is 5.68. The molecule has 1 amide bonds. The van der Waals surface area contributed by atoms with Crippen LogP contribution in [0, 0.1) is 0 Å². The second-order valence-corrected chi connectivity index (χ2v) is 5.93. The van der Waals surface area contributed by atoms with Crippen LogP contribution < -0.4 is 5.32 Å². The summed E-state index contributed by atoms with van der Waals surface area (Å²) < 4.78 is 36.6. The molecule has 1 aliphatic rings. The Morgan fingerprint density at radius 1 is 1.38 bits per heavy atom. The van der Waals surface area contributed by atoms with E-state index in [9.17, 15) is 13.6 Å². The van der Waals surface area contributed by atoms with E-state index < -0.39 is 30.3 Å². The molecule has 1 aromatic rings. The van der Waals surface area contributed by atoms with Gasteiger partial charge in [-0.25, -0.2) is 13.6 Å². The highest BCUT2D eigenvalue weighted by Gasteiger charge is 2.38. The molecule has 116 valence electrons. The normalized spacial score (nSPS) is 21.8. The molecule has 1 aliphatic heterocycles. The zero-order chi connectivity index (χ0) is 15.6. The van der Waals surface area contributed by atoms with Crippen molar-refractivity contribution in [3.63, 3.8) is 0 Å². The second-order valence-electron chi connectivity index (χ2n) is 5.93. The molecule has 1 heterocycles. The van der Waals surface area contributed by atoms with Crippen LogP contribution in [-0.4, -0.2) is 24.2 Å². The standard InChI is InChI=1S/C15H19F2NO3/c1-15(2,3)21-14(19)18-11-10-7-5-4-6-9(10)8-20-12(11)13(16)17/h4-7,11-13H,8H2,1-3H3,(H,18,19)/t11-,12?/m0/s1. The summed E-state index contributed by atoms with van der Waals surface area (Å²) in [6, 6.07) is 6.13. The number of amides is 1. The van der Waals surface area contributed by atoms with E-state index >= 15 is 0 Å². The Hall–Kier alpha value is -1.69. The molecule has 21 heavy (non-hydrogen) atoms. The summed E-state index contributed by atoms with van der Waals surface area (Å²) in [5.74, 6) is 0. The van der Waals surface area contributed by atoms with Gasteiger partial charge in [-0.15, -0.1) is 0 Å². The molecule has 0 saturated heterocycles. The maximum atomic E-state index is 13.1. The largest absolute Gasteiger partial charge is 0.444 e. The molecular weight excluding hydrogens is 280 g/mol. The fourth-order valence-corrected chi connectivity index (χ4v) is 2.24. The Labute approximate surface area is 122 Å². The molecule has 0 radical (unpaired) electrons. The molecule has 2 rings (SSSR count). The van der Waals surface area contributed by atoms with Crippen molar-refractivity contribution in [2.75, 3.05) is 0 Å². The molecule has 0 fully saturated rings. The van der Waals surface area contributed by atoms with Gasteiger partial charge < -0.3 is 14.8 Å². The minimum Gasteiger partial charge on any atom is -0.444 e. The van der Waals surface area contributed by atoms with E-state index in [2.05, 4.69) is 5.32 Å². The first kappa shape index (κ1) is 15.7. The van der Waals surface area contributed by atoms with Crippen molar-refractivity contribution < 1.29 is 23.0 Å². The van der Waals surface area contributed by atoms with E-state index in [1.165, 1.54) is 0 Å². The molecule has 1 unspecified atom stereocenters. The zero-order valence-corrected chi connectivity index (χ0v) is 12.2. The van der Waals surface area contributed by atoms with Crippen molar-refractivity contribution in [3.8, 4) is 0 Å². The van der Waals surface area contributed by atoms with Gasteiger partial charge in [-0.1, -0.05) is 24.3 Å². The number of alkyl carbamates (subject to hydrolysis) is 1. The van der Waals surface area contributed by atoms with Crippen LogP contribution in [0.2, 0.25) is 0 Å². The second kappa shape index (κ2) is 5.97. The lowest BCUT2D eigenvalue weighted by Crippen LogP contribution is -2.45. The van der Waals surface area contributed by atoms with Crippen LogP contribution in [-0.2, 0) is 16.1 Å². The number of alkyl halides is 2. The predicted molar refractivity (Wildman–Crippen MR) is 73.1 cm³/mol. The number of hydrogen-bond acceptors (Lipinski definition) is 3. The van der Waals surface area contributed by atoms with Crippen LogP contribution in [0.1, 0.15) is 37.9 Å². The first-order chi connectivity index (χ1) is 9.78. The lowest BCUT2D eigenvalue weighted by atomic mass is 9.94. The Balaban J connectivity index is 2.22. The Bertz CT molecular complexity index is 514. The Morgan fingerprint density at radius 2 is 2.05 bits per heavy atom. The number of rotatable bonds is 2. The number of nitrogens with one attached hydrogen (secondary N) is 1. The minimum atomic E-state index is -2.70. The maximum Gasteiger partial charge on any atom is 0.408 e. The van der Waals surface area contributed by atoms with Crippen molar-refractivity contribution in [1.29, 1.82) is 0 Å². The number of carbonyl (C=O) groups excluding carboxylic acids is 1. The highest BCUT2D eigenvalue weighted by Crippen LogP contribution is 2.32. The van der Waals surface area contributed by atoms with Gasteiger partial charge in [-0.05, 0) is 31.9 Å². The first-order valence-corrected chi connectivity index (χ1v) is 6.75. The van der Waals surface area contributed by atoms with Crippen LogP contribution in [0.15, 0.2) is 24.3 Å². The summed E-state index contributed by atoms with van der Waals surface area (Å²) >= 11 is 0. The van der Waals surface area contributed by atoms with Crippen molar-refractivity contribution in [3.05, 3.63) is 35.4 Å². The van der Waals surface area contributed by atoms with Crippen molar-refractivity contribution in [1.82, 2.24) is 5.32 Å². The van der Waals surface area contributed by atoms with Crippen LogP contribution in [0.5, 0.6) is 0 Å². The molecule has 0 saturated carbocycles. The molecule has 0 aliphatic carbocycles. The van der Waals surface area contributed by atoms with Crippen LogP contribution in [0.3, 0.4) is 0 Å². The average Bonchev–Trinajstić information content (AvgIpc) is 2.36. The summed E-state index contributed by atoms with van der Waals surface area (Å²) in [5, 5.41) is 2.50. The Kier molecular flexibility index (Phi) is 4.46. The quantitative estimate of drug-likeness (QED) is 0.910. The van der Waals surface area contributed by atoms with E-state index in [1.807, 2.05) is 0 Å². The smallest absolute Gasteiger partial charge is 0.408 e. The summed E-state index contributed by atoms with van der Waals surface area (Å²) in [7, 11) is 0. The van der Waals surface area contributed by atoms with Gasteiger partial charge in [0.1, 0.15) is 11.7 Å². The SMILES string of the molecule is CC(C)(C)OC(=O)N[C@H]1c2ccccc2COC1C(F)F. The average molecular weight is 299 g/mol. The fraction of sp³-hybridized carbons (Fsp3) is 0.533. The summed E-state index contributed by atoms with van der Waals surface area (Å²) in [4.78, 5) is 11.9. The van der Waals surface area contributed by atoms with Gasteiger partial charge in [0.2, 0.25) is 0 Å². The third-order valence-corrected chi connectivity index (χ3v) is 3.07. The van der Waals surface area contributed by atoms with E-state index in [0.29, 0.717) is 5.56 Å². The van der Waals surface area contributed by atoms with Crippen LogP contribution in [0.25, 0.3) is 0 Å². The van der Waals surface area contributed by atoms with Gasteiger partial charge in [0, 0.05) is 0 Å². The number of benzene rings is 1. The summed E-state index contributed by atoms with van der Waals surface area (Å²) in [5.41, 5.74) is 0.731. The molecule has 4 nitrogen and oxygen atoms in total. The number of halogens is 2. The molecule has 0 spiro atoms. The number of fused-ring (bicyclic) bond motifs is 1. The van der Waals surface area contributed by atoms with Gasteiger partial charge in [0.05, 0.1) is 12.6 Å². The van der Waals surface area contributed by atoms with Gasteiger partial charge >= 0.3 is 6.09 Å². The number of hydrogen-bond donors (Lipinski definition) is 1. The number of carbonyl (C=O) groups is 1. The Morgan fingerprint density at radius 3 is 2.67 bits per heavy atom. The highest BCUT2D eigenvalue weighted by atomic mass is 19.3. The minimum absolute atomic E-state index is 0.109.